The molecule has 1 saturated heterocycles. The average Bonchev–Trinajstić information content (AvgIpc) is 2.79. The van der Waals surface area contributed by atoms with Crippen LogP contribution in [0.5, 0.6) is 0 Å². The van der Waals surface area contributed by atoms with Crippen molar-refractivity contribution in [3.63, 3.8) is 0 Å². The summed E-state index contributed by atoms with van der Waals surface area (Å²) in [7, 11) is 5.83. The third kappa shape index (κ3) is 3.27. The van der Waals surface area contributed by atoms with E-state index < -0.39 is 5.60 Å². The molecule has 0 spiro atoms. The Morgan fingerprint density at radius 2 is 2.15 bits per heavy atom. The maximum absolute atomic E-state index is 12.3. The Hall–Kier alpha value is -1.65. The smallest absolute Gasteiger partial charge is 0.410 e. The van der Waals surface area contributed by atoms with Crippen molar-refractivity contribution in [2.75, 3.05) is 12.3 Å². The fourth-order valence-corrected chi connectivity index (χ4v) is 2.51. The van der Waals surface area contributed by atoms with Gasteiger partial charge in [0, 0.05) is 12.2 Å². The molecule has 5 heteroatoms. The number of benzene rings is 1. The van der Waals surface area contributed by atoms with Gasteiger partial charge in [-0.3, -0.25) is 0 Å². The summed E-state index contributed by atoms with van der Waals surface area (Å²) in [6, 6.07) is 5.36. The van der Waals surface area contributed by atoms with Crippen molar-refractivity contribution >= 4 is 25.1 Å². The molecule has 4 nitrogen and oxygen atoms in total. The van der Waals surface area contributed by atoms with Crippen molar-refractivity contribution in [2.24, 2.45) is 0 Å². The van der Waals surface area contributed by atoms with Gasteiger partial charge in [-0.05, 0) is 45.2 Å². The van der Waals surface area contributed by atoms with E-state index in [4.69, 9.17) is 18.3 Å². The molecule has 0 saturated carbocycles. The van der Waals surface area contributed by atoms with Crippen molar-refractivity contribution in [3.8, 4) is 0 Å². The van der Waals surface area contributed by atoms with E-state index >= 15 is 0 Å². The largest absolute Gasteiger partial charge is 0.444 e. The third-order valence-corrected chi connectivity index (χ3v) is 3.35. The Balaban J connectivity index is 2.23. The fraction of sp³-hybridized carbons (Fsp3) is 0.533. The van der Waals surface area contributed by atoms with Crippen LogP contribution < -0.4 is 11.2 Å². The summed E-state index contributed by atoms with van der Waals surface area (Å²) < 4.78 is 5.46. The van der Waals surface area contributed by atoms with E-state index in [-0.39, 0.29) is 12.1 Å². The predicted molar refractivity (Wildman–Crippen MR) is 81.2 cm³/mol. The van der Waals surface area contributed by atoms with Crippen LogP contribution in [0.25, 0.3) is 0 Å². The lowest BCUT2D eigenvalue weighted by molar-refractivity contribution is 0.0225. The van der Waals surface area contributed by atoms with Crippen molar-refractivity contribution in [2.45, 2.75) is 45.3 Å². The van der Waals surface area contributed by atoms with Crippen LogP contribution in [-0.4, -0.2) is 31.0 Å². The number of nitrogens with two attached hydrogens (primary N) is 1. The highest BCUT2D eigenvalue weighted by Crippen LogP contribution is 2.35. The first-order valence-corrected chi connectivity index (χ1v) is 6.92. The van der Waals surface area contributed by atoms with E-state index in [0.29, 0.717) is 17.7 Å². The van der Waals surface area contributed by atoms with Gasteiger partial charge in [-0.15, -0.1) is 0 Å². The number of carbonyl (C=O) groups excluding carboxylic acids is 1. The van der Waals surface area contributed by atoms with Crippen LogP contribution in [0.1, 0.15) is 45.2 Å². The number of nitrogens with zero attached hydrogens (tertiary/aromatic N) is 1. The van der Waals surface area contributed by atoms with Crippen LogP contribution in [0, 0.1) is 0 Å². The van der Waals surface area contributed by atoms with E-state index in [1.54, 1.807) is 17.0 Å². The highest BCUT2D eigenvalue weighted by Gasteiger charge is 2.33. The van der Waals surface area contributed by atoms with E-state index in [2.05, 4.69) is 0 Å². The standard InChI is InChI=1S/C15H21BN2O2/c1-15(2,3)20-14(19)18-8-4-5-13(18)11-9-10(16)6-7-12(11)17/h6-7,9,13H,4-5,8,17H2,1-3H3. The summed E-state index contributed by atoms with van der Waals surface area (Å²) in [4.78, 5) is 14.0. The van der Waals surface area contributed by atoms with Gasteiger partial charge in [0.25, 0.3) is 0 Å². The Morgan fingerprint density at radius 3 is 2.80 bits per heavy atom. The molecule has 2 rings (SSSR count). The van der Waals surface area contributed by atoms with Crippen LogP contribution in [0.4, 0.5) is 10.5 Å². The number of anilines is 1. The molecule has 0 aliphatic carbocycles. The summed E-state index contributed by atoms with van der Waals surface area (Å²) >= 11 is 0. The Labute approximate surface area is 121 Å². The van der Waals surface area contributed by atoms with Gasteiger partial charge in [0.1, 0.15) is 13.4 Å². The molecule has 1 amide bonds. The number of carbonyl (C=O) groups is 1. The number of hydrogen-bond acceptors (Lipinski definition) is 3. The van der Waals surface area contributed by atoms with Crippen LogP contribution in [0.2, 0.25) is 0 Å². The molecule has 20 heavy (non-hydrogen) atoms. The number of hydrogen-bond donors (Lipinski definition) is 1. The monoisotopic (exact) mass is 272 g/mol. The van der Waals surface area contributed by atoms with Gasteiger partial charge in [0.2, 0.25) is 0 Å². The zero-order valence-electron chi connectivity index (χ0n) is 12.3. The van der Waals surface area contributed by atoms with Gasteiger partial charge in [-0.25, -0.2) is 4.79 Å². The minimum atomic E-state index is -0.495. The molecular formula is C15H21BN2O2. The first-order valence-electron chi connectivity index (χ1n) is 6.92. The van der Waals surface area contributed by atoms with Crippen LogP contribution in [0.15, 0.2) is 18.2 Å². The minimum Gasteiger partial charge on any atom is -0.444 e. The molecule has 0 aromatic heterocycles. The second-order valence-electron chi connectivity index (χ2n) is 6.22. The summed E-state index contributed by atoms with van der Waals surface area (Å²) in [6.45, 7) is 6.29. The molecule has 1 aromatic carbocycles. The Morgan fingerprint density at radius 1 is 1.45 bits per heavy atom. The number of likely N-dealkylation sites (tertiary alicyclic amines) is 1. The lowest BCUT2D eigenvalue weighted by atomic mass is 9.91. The first kappa shape index (κ1) is 14.8. The molecule has 1 fully saturated rings. The summed E-state index contributed by atoms with van der Waals surface area (Å²) in [5.41, 5.74) is 7.76. The topological polar surface area (TPSA) is 55.6 Å². The second-order valence-corrected chi connectivity index (χ2v) is 6.22. The van der Waals surface area contributed by atoms with Gasteiger partial charge in [-0.1, -0.05) is 17.6 Å². The number of amides is 1. The van der Waals surface area contributed by atoms with Gasteiger partial charge in [0.05, 0.1) is 6.04 Å². The Kier molecular flexibility index (Phi) is 3.98. The van der Waals surface area contributed by atoms with Crippen molar-refractivity contribution < 1.29 is 9.53 Å². The van der Waals surface area contributed by atoms with Crippen LogP contribution in [-0.2, 0) is 4.74 Å². The number of rotatable bonds is 1. The highest BCUT2D eigenvalue weighted by molar-refractivity contribution is 6.32. The third-order valence-electron chi connectivity index (χ3n) is 3.35. The Bertz CT molecular complexity index is 511. The molecule has 1 unspecified atom stereocenters. The number of ether oxygens (including phenoxy) is 1. The van der Waals surface area contributed by atoms with Crippen molar-refractivity contribution in [3.05, 3.63) is 23.8 Å². The van der Waals surface area contributed by atoms with Crippen LogP contribution >= 0.6 is 0 Å². The van der Waals surface area contributed by atoms with Gasteiger partial charge in [-0.2, -0.15) is 0 Å². The molecule has 1 aliphatic rings. The van der Waals surface area contributed by atoms with E-state index in [1.165, 1.54) is 0 Å². The molecule has 2 N–H and O–H groups in total. The molecule has 1 aromatic rings. The molecule has 106 valence electrons. The zero-order chi connectivity index (χ0) is 14.9. The molecular weight excluding hydrogens is 251 g/mol. The minimum absolute atomic E-state index is 0.0478. The summed E-state index contributed by atoms with van der Waals surface area (Å²) in [5, 5.41) is 0. The van der Waals surface area contributed by atoms with Crippen molar-refractivity contribution in [1.82, 2.24) is 4.90 Å². The maximum atomic E-state index is 12.3. The van der Waals surface area contributed by atoms with Crippen LogP contribution in [0.3, 0.4) is 0 Å². The number of nitrogen functional groups attached to an aromatic ring is 1. The average molecular weight is 272 g/mol. The van der Waals surface area contributed by atoms with Gasteiger partial charge < -0.3 is 15.4 Å². The summed E-state index contributed by atoms with van der Waals surface area (Å²) in [6.07, 6.45) is 1.53. The van der Waals surface area contributed by atoms with E-state index in [0.717, 1.165) is 18.4 Å². The highest BCUT2D eigenvalue weighted by atomic mass is 16.6. The van der Waals surface area contributed by atoms with Gasteiger partial charge >= 0.3 is 6.09 Å². The molecule has 0 bridgehead atoms. The lowest BCUT2D eigenvalue weighted by Crippen LogP contribution is -2.36. The normalized spacial score (nSPS) is 19.1. The quantitative estimate of drug-likeness (QED) is 0.629. The summed E-state index contributed by atoms with van der Waals surface area (Å²) in [5.74, 6) is 0. The van der Waals surface area contributed by atoms with Gasteiger partial charge in [0.15, 0.2) is 0 Å². The van der Waals surface area contributed by atoms with E-state index in [9.17, 15) is 4.79 Å². The lowest BCUT2D eigenvalue weighted by Gasteiger charge is -2.29. The second kappa shape index (κ2) is 5.39. The maximum Gasteiger partial charge on any atom is 0.410 e. The molecule has 1 aliphatic heterocycles. The van der Waals surface area contributed by atoms with E-state index in [1.807, 2.05) is 26.8 Å². The predicted octanol–water partition coefficient (Wildman–Crippen LogP) is 2.13. The zero-order valence-corrected chi connectivity index (χ0v) is 12.3. The first-order chi connectivity index (χ1) is 9.28. The molecule has 1 atom stereocenters. The fourth-order valence-electron chi connectivity index (χ4n) is 2.51. The van der Waals surface area contributed by atoms with Crippen molar-refractivity contribution in [1.29, 1.82) is 0 Å². The SMILES string of the molecule is [B]c1ccc(N)c(C2CCCN2C(=O)OC(C)(C)C)c1. The molecule has 2 radical (unpaired) electrons. The molecule has 1 heterocycles.